The first-order valence-corrected chi connectivity index (χ1v) is 13.7. The lowest BCUT2D eigenvalue weighted by molar-refractivity contribution is -0.132. The molecule has 0 spiro atoms. The fraction of sp³-hybridized carbons (Fsp3) is 0.367. The minimum atomic E-state index is -1.31. The zero-order valence-corrected chi connectivity index (χ0v) is 24.2. The van der Waals surface area contributed by atoms with Crippen LogP contribution in [0.25, 0.3) is 17.3 Å². The van der Waals surface area contributed by atoms with Crippen molar-refractivity contribution < 1.29 is 33.0 Å². The number of carboxylic acid groups (broad SMARTS) is 1. The highest BCUT2D eigenvalue weighted by Crippen LogP contribution is 2.44. The fourth-order valence-corrected chi connectivity index (χ4v) is 4.80. The third kappa shape index (κ3) is 7.31. The van der Waals surface area contributed by atoms with E-state index in [9.17, 15) is 18.4 Å². The predicted molar refractivity (Wildman–Crippen MR) is 153 cm³/mol. The zero-order chi connectivity index (χ0) is 29.6. The molecule has 0 radical (unpaired) electrons. The van der Waals surface area contributed by atoms with Gasteiger partial charge in [0.15, 0.2) is 5.13 Å². The second-order valence-electron chi connectivity index (χ2n) is 10.4. The number of ether oxygens (including phenoxy) is 2. The van der Waals surface area contributed by atoms with E-state index in [1.165, 1.54) is 6.92 Å². The maximum Gasteiger partial charge on any atom is 0.331 e. The van der Waals surface area contributed by atoms with Gasteiger partial charge in [-0.2, -0.15) is 0 Å². The van der Waals surface area contributed by atoms with Gasteiger partial charge in [-0.05, 0) is 43.0 Å². The van der Waals surface area contributed by atoms with Crippen LogP contribution in [0.3, 0.4) is 0 Å². The van der Waals surface area contributed by atoms with Gasteiger partial charge in [0, 0.05) is 39.8 Å². The number of carbonyl (C=O) groups excluding carboxylic acids is 1. The molecule has 2 N–H and O–H groups in total. The maximum atomic E-state index is 14.5. The molecular weight excluding hydrogens is 538 g/mol. The van der Waals surface area contributed by atoms with Crippen LogP contribution in [0, 0.1) is 17.0 Å². The van der Waals surface area contributed by atoms with E-state index in [1.54, 1.807) is 12.5 Å². The third-order valence-electron chi connectivity index (χ3n) is 6.14. The lowest BCUT2D eigenvalue weighted by Crippen LogP contribution is -2.22. The Balaban J connectivity index is 1.88. The molecule has 0 aliphatic rings. The summed E-state index contributed by atoms with van der Waals surface area (Å²) in [5.41, 5.74) is 0.907. The molecular formula is C30H34F2N2O5S. The van der Waals surface area contributed by atoms with E-state index < -0.39 is 29.1 Å². The normalized spacial score (nSPS) is 12.8. The first-order valence-electron chi connectivity index (χ1n) is 12.8. The number of nitrogens with zero attached hydrogens (tertiary/aromatic N) is 1. The van der Waals surface area contributed by atoms with Gasteiger partial charge in [0.2, 0.25) is 0 Å². The van der Waals surface area contributed by atoms with Crippen LogP contribution in [0.2, 0.25) is 0 Å². The van der Waals surface area contributed by atoms with E-state index in [4.69, 9.17) is 14.6 Å². The molecule has 0 saturated carbocycles. The highest BCUT2D eigenvalue weighted by atomic mass is 32.1. The van der Waals surface area contributed by atoms with Gasteiger partial charge in [-0.15, -0.1) is 11.3 Å². The number of benzene rings is 2. The molecule has 0 aliphatic carbocycles. The molecule has 2 aromatic carbocycles. The lowest BCUT2D eigenvalue weighted by atomic mass is 9.83. The quantitative estimate of drug-likeness (QED) is 0.180. The Bertz CT molecular complexity index is 1390. The Morgan fingerprint density at radius 3 is 2.45 bits per heavy atom. The maximum absolute atomic E-state index is 14.5. The van der Waals surface area contributed by atoms with E-state index in [2.05, 4.69) is 38.0 Å². The van der Waals surface area contributed by atoms with Crippen LogP contribution in [0.5, 0.6) is 5.75 Å². The summed E-state index contributed by atoms with van der Waals surface area (Å²) in [4.78, 5) is 28.3. The number of halogens is 2. The summed E-state index contributed by atoms with van der Waals surface area (Å²) in [6, 6.07) is 7.45. The Morgan fingerprint density at radius 2 is 1.88 bits per heavy atom. The van der Waals surface area contributed by atoms with Gasteiger partial charge in [-0.3, -0.25) is 10.1 Å². The van der Waals surface area contributed by atoms with Gasteiger partial charge in [-0.1, -0.05) is 46.2 Å². The van der Waals surface area contributed by atoms with Crippen LogP contribution < -0.4 is 10.1 Å². The number of hydrogen-bond donors (Lipinski definition) is 2. The SMILES string of the molecule is CCCCOC(c1cccc(-c2csc(NC(=O)c3cc(F)c(C=C(C)C(=O)O)c(F)c3)n2)c1OC)C(C)(C)C. The number of carbonyl (C=O) groups is 2. The Morgan fingerprint density at radius 1 is 1.20 bits per heavy atom. The van der Waals surface area contributed by atoms with Crippen LogP contribution in [-0.4, -0.2) is 35.7 Å². The molecule has 40 heavy (non-hydrogen) atoms. The summed E-state index contributed by atoms with van der Waals surface area (Å²) >= 11 is 1.15. The summed E-state index contributed by atoms with van der Waals surface area (Å²) < 4.78 is 41.2. The van der Waals surface area contributed by atoms with Crippen molar-refractivity contribution in [2.75, 3.05) is 19.0 Å². The highest BCUT2D eigenvalue weighted by molar-refractivity contribution is 7.14. The van der Waals surface area contributed by atoms with Crippen LogP contribution in [0.15, 0.2) is 41.3 Å². The molecule has 214 valence electrons. The van der Waals surface area contributed by atoms with Crippen LogP contribution in [0.1, 0.15) is 75.0 Å². The molecule has 0 aliphatic heterocycles. The number of methoxy groups -OCH3 is 1. The first kappa shape index (κ1) is 30.9. The number of aliphatic carboxylic acids is 1. The van der Waals surface area contributed by atoms with Gasteiger partial charge in [-0.25, -0.2) is 18.6 Å². The molecule has 0 saturated heterocycles. The van der Waals surface area contributed by atoms with Crippen molar-refractivity contribution >= 4 is 34.4 Å². The van der Waals surface area contributed by atoms with Gasteiger partial charge >= 0.3 is 5.97 Å². The fourth-order valence-electron chi connectivity index (χ4n) is 4.10. The molecule has 1 unspecified atom stereocenters. The van der Waals surface area contributed by atoms with Crippen LogP contribution in [-0.2, 0) is 9.53 Å². The number of nitrogens with one attached hydrogen (secondary N) is 1. The van der Waals surface area contributed by atoms with Gasteiger partial charge in [0.1, 0.15) is 17.4 Å². The first-order chi connectivity index (χ1) is 18.9. The van der Waals surface area contributed by atoms with Crippen LogP contribution in [0.4, 0.5) is 13.9 Å². The average Bonchev–Trinajstić information content (AvgIpc) is 3.35. The molecule has 7 nitrogen and oxygen atoms in total. The molecule has 3 rings (SSSR count). The van der Waals surface area contributed by atoms with E-state index in [1.807, 2.05) is 18.2 Å². The number of rotatable bonds is 11. The summed E-state index contributed by atoms with van der Waals surface area (Å²) in [6.45, 7) is 10.3. The molecule has 1 aromatic heterocycles. The average molecular weight is 573 g/mol. The Labute approximate surface area is 236 Å². The third-order valence-corrected chi connectivity index (χ3v) is 6.90. The van der Waals surface area contributed by atoms with E-state index >= 15 is 0 Å². The number of aromatic nitrogens is 1. The van der Waals surface area contributed by atoms with E-state index in [-0.39, 0.29) is 27.8 Å². The molecule has 1 amide bonds. The standard InChI is InChI=1S/C30H34F2N2O5S/c1-7-8-12-39-26(30(3,4)5)20-11-9-10-19(25(20)38-6)24-16-40-29(33-24)34-27(35)18-14-22(31)21(23(32)15-18)13-17(2)28(36)37/h9-11,13-16,26H,7-8,12H2,1-6H3,(H,36,37)(H,33,34,35). The zero-order valence-electron chi connectivity index (χ0n) is 23.4. The molecule has 3 aromatic rings. The van der Waals surface area contributed by atoms with Crippen molar-refractivity contribution in [2.24, 2.45) is 5.41 Å². The number of hydrogen-bond acceptors (Lipinski definition) is 6. The van der Waals surface area contributed by atoms with Crippen molar-refractivity contribution in [3.8, 4) is 17.0 Å². The minimum absolute atomic E-state index is 0.205. The van der Waals surface area contributed by atoms with Crippen molar-refractivity contribution in [2.45, 2.75) is 53.6 Å². The summed E-state index contributed by atoms with van der Waals surface area (Å²) in [7, 11) is 1.59. The van der Waals surface area contributed by atoms with Gasteiger partial charge < -0.3 is 14.6 Å². The summed E-state index contributed by atoms with van der Waals surface area (Å²) in [5, 5.41) is 13.5. The topological polar surface area (TPSA) is 97.8 Å². The minimum Gasteiger partial charge on any atom is -0.496 e. The molecule has 1 heterocycles. The molecule has 1 atom stereocenters. The van der Waals surface area contributed by atoms with E-state index in [0.717, 1.165) is 48.0 Å². The molecule has 0 fully saturated rings. The van der Waals surface area contributed by atoms with Gasteiger partial charge in [0.25, 0.3) is 5.91 Å². The van der Waals surface area contributed by atoms with Crippen molar-refractivity contribution in [1.82, 2.24) is 4.98 Å². The second kappa shape index (κ2) is 13.1. The summed E-state index contributed by atoms with van der Waals surface area (Å²) in [5.74, 6) is -3.56. The Hall–Kier alpha value is -3.63. The number of amides is 1. The smallest absolute Gasteiger partial charge is 0.331 e. The van der Waals surface area contributed by atoms with Gasteiger partial charge in [0.05, 0.1) is 18.9 Å². The van der Waals surface area contributed by atoms with Crippen molar-refractivity contribution in [3.05, 3.63) is 69.6 Å². The highest BCUT2D eigenvalue weighted by Gasteiger charge is 2.31. The molecule has 10 heteroatoms. The monoisotopic (exact) mass is 572 g/mol. The number of carboxylic acids is 1. The Kier molecular flexibility index (Phi) is 10.2. The lowest BCUT2D eigenvalue weighted by Gasteiger charge is -2.32. The number of unbranched alkanes of at least 4 members (excludes halogenated alkanes) is 1. The number of anilines is 1. The van der Waals surface area contributed by atoms with E-state index in [0.29, 0.717) is 23.6 Å². The second-order valence-corrected chi connectivity index (χ2v) is 11.2. The van der Waals surface area contributed by atoms with Crippen LogP contribution >= 0.6 is 11.3 Å². The van der Waals surface area contributed by atoms with Crippen molar-refractivity contribution in [3.63, 3.8) is 0 Å². The predicted octanol–water partition coefficient (Wildman–Crippen LogP) is 7.74. The number of thiazole rings is 1. The molecule has 0 bridgehead atoms. The van der Waals surface area contributed by atoms with Crippen molar-refractivity contribution in [1.29, 1.82) is 0 Å². The number of para-hydroxylation sites is 1. The summed E-state index contributed by atoms with van der Waals surface area (Å²) in [6.07, 6.45) is 2.61. The largest absolute Gasteiger partial charge is 0.496 e.